The lowest BCUT2D eigenvalue weighted by atomic mass is 10.1. The Hall–Kier alpha value is -2.14. The van der Waals surface area contributed by atoms with Crippen molar-refractivity contribution < 1.29 is 19.1 Å². The minimum atomic E-state index is -0.577. The maximum atomic E-state index is 12.0. The van der Waals surface area contributed by atoms with E-state index in [0.29, 0.717) is 15.8 Å². The molecule has 0 aromatic heterocycles. The van der Waals surface area contributed by atoms with Gasteiger partial charge in [0.2, 0.25) is 5.78 Å². The van der Waals surface area contributed by atoms with Crippen LogP contribution >= 0.6 is 15.9 Å². The minimum absolute atomic E-state index is 0.229. The molecule has 0 unspecified atom stereocenters. The SMILES string of the molecule is Cc1ccc(C)c(OCC(=O)OCC(=O)c2ccccc2Br)c1. The molecule has 23 heavy (non-hydrogen) atoms. The Balaban J connectivity index is 1.85. The van der Waals surface area contributed by atoms with Crippen molar-refractivity contribution in [3.8, 4) is 5.75 Å². The highest BCUT2D eigenvalue weighted by atomic mass is 79.9. The molecule has 4 nitrogen and oxygen atoms in total. The van der Waals surface area contributed by atoms with Gasteiger partial charge in [-0.2, -0.15) is 0 Å². The third kappa shape index (κ3) is 4.93. The predicted octanol–water partition coefficient (Wildman–Crippen LogP) is 3.87. The van der Waals surface area contributed by atoms with E-state index in [9.17, 15) is 9.59 Å². The van der Waals surface area contributed by atoms with Gasteiger partial charge in [-0.3, -0.25) is 4.79 Å². The lowest BCUT2D eigenvalue weighted by molar-refractivity contribution is -0.144. The van der Waals surface area contributed by atoms with E-state index in [4.69, 9.17) is 9.47 Å². The lowest BCUT2D eigenvalue weighted by Gasteiger charge is -2.10. The van der Waals surface area contributed by atoms with Crippen molar-refractivity contribution in [3.05, 3.63) is 63.6 Å². The molecule has 0 aliphatic carbocycles. The highest BCUT2D eigenvalue weighted by Gasteiger charge is 2.13. The normalized spacial score (nSPS) is 10.2. The van der Waals surface area contributed by atoms with Crippen molar-refractivity contribution in [3.63, 3.8) is 0 Å². The second-order valence-corrected chi connectivity index (χ2v) is 5.98. The summed E-state index contributed by atoms with van der Waals surface area (Å²) in [5.41, 5.74) is 2.46. The molecule has 2 rings (SSSR count). The molecule has 120 valence electrons. The molecule has 0 N–H and O–H groups in total. The molecule has 0 aliphatic rings. The minimum Gasteiger partial charge on any atom is -0.482 e. The average molecular weight is 377 g/mol. The monoisotopic (exact) mass is 376 g/mol. The van der Waals surface area contributed by atoms with E-state index in [-0.39, 0.29) is 19.0 Å². The number of carbonyl (C=O) groups excluding carboxylic acids is 2. The summed E-state index contributed by atoms with van der Waals surface area (Å²) in [7, 11) is 0. The molecule has 0 saturated heterocycles. The predicted molar refractivity (Wildman–Crippen MR) is 90.8 cm³/mol. The number of esters is 1. The van der Waals surface area contributed by atoms with Gasteiger partial charge >= 0.3 is 5.97 Å². The zero-order chi connectivity index (χ0) is 16.8. The van der Waals surface area contributed by atoms with Crippen molar-refractivity contribution in [1.29, 1.82) is 0 Å². The largest absolute Gasteiger partial charge is 0.482 e. The van der Waals surface area contributed by atoms with Crippen molar-refractivity contribution in [2.75, 3.05) is 13.2 Å². The molecule has 5 heteroatoms. The molecule has 0 bridgehead atoms. The summed E-state index contributed by atoms with van der Waals surface area (Å²) >= 11 is 3.29. The van der Waals surface area contributed by atoms with E-state index in [1.54, 1.807) is 18.2 Å². The van der Waals surface area contributed by atoms with Gasteiger partial charge in [-0.05, 0) is 37.1 Å². The van der Waals surface area contributed by atoms with Crippen LogP contribution in [0.2, 0.25) is 0 Å². The van der Waals surface area contributed by atoms with Gasteiger partial charge in [0, 0.05) is 10.0 Å². The third-order valence-electron chi connectivity index (χ3n) is 3.23. The standard InChI is InChI=1S/C18H17BrO4/c1-12-7-8-13(2)17(9-12)22-11-18(21)23-10-16(20)14-5-3-4-6-15(14)19/h3-9H,10-11H2,1-2H3. The Morgan fingerprint density at radius 1 is 1.04 bits per heavy atom. The Morgan fingerprint density at radius 3 is 2.52 bits per heavy atom. The number of hydrogen-bond acceptors (Lipinski definition) is 4. The van der Waals surface area contributed by atoms with E-state index in [2.05, 4.69) is 15.9 Å². The van der Waals surface area contributed by atoms with Crippen molar-refractivity contribution in [2.24, 2.45) is 0 Å². The van der Waals surface area contributed by atoms with Gasteiger partial charge in [-0.1, -0.05) is 46.3 Å². The molecule has 2 aromatic carbocycles. The van der Waals surface area contributed by atoms with Gasteiger partial charge in [0.15, 0.2) is 13.2 Å². The van der Waals surface area contributed by atoms with E-state index in [0.717, 1.165) is 11.1 Å². The Morgan fingerprint density at radius 2 is 1.78 bits per heavy atom. The number of rotatable bonds is 6. The molecule has 0 saturated carbocycles. The molecule has 0 fully saturated rings. The fourth-order valence-electron chi connectivity index (χ4n) is 1.95. The molecule has 2 aromatic rings. The first-order valence-electron chi connectivity index (χ1n) is 7.11. The van der Waals surface area contributed by atoms with Gasteiger partial charge in [0.25, 0.3) is 0 Å². The average Bonchev–Trinajstić information content (AvgIpc) is 2.54. The zero-order valence-electron chi connectivity index (χ0n) is 13.0. The number of benzene rings is 2. The smallest absolute Gasteiger partial charge is 0.344 e. The number of carbonyl (C=O) groups is 2. The van der Waals surface area contributed by atoms with Crippen molar-refractivity contribution in [1.82, 2.24) is 0 Å². The fourth-order valence-corrected chi connectivity index (χ4v) is 2.46. The van der Waals surface area contributed by atoms with Crippen LogP contribution in [0.4, 0.5) is 0 Å². The van der Waals surface area contributed by atoms with Crippen LogP contribution in [0.15, 0.2) is 46.9 Å². The van der Waals surface area contributed by atoms with Gasteiger partial charge in [-0.15, -0.1) is 0 Å². The van der Waals surface area contributed by atoms with Crippen LogP contribution in [0, 0.1) is 13.8 Å². The Labute approximate surface area is 143 Å². The first-order chi connectivity index (χ1) is 11.0. The summed E-state index contributed by atoms with van der Waals surface area (Å²) in [6.07, 6.45) is 0. The lowest BCUT2D eigenvalue weighted by Crippen LogP contribution is -2.20. The van der Waals surface area contributed by atoms with Crippen molar-refractivity contribution >= 4 is 27.7 Å². The van der Waals surface area contributed by atoms with Crippen LogP contribution in [0.3, 0.4) is 0 Å². The molecule has 0 atom stereocenters. The fraction of sp³-hybridized carbons (Fsp3) is 0.222. The van der Waals surface area contributed by atoms with Crippen molar-refractivity contribution in [2.45, 2.75) is 13.8 Å². The van der Waals surface area contributed by atoms with Crippen LogP contribution in [-0.2, 0) is 9.53 Å². The number of hydrogen-bond donors (Lipinski definition) is 0. The maximum Gasteiger partial charge on any atom is 0.344 e. The zero-order valence-corrected chi connectivity index (χ0v) is 14.6. The van der Waals surface area contributed by atoms with Gasteiger partial charge in [0.1, 0.15) is 5.75 Å². The second kappa shape index (κ2) is 7.92. The van der Waals surface area contributed by atoms with Crippen LogP contribution in [0.1, 0.15) is 21.5 Å². The van der Waals surface area contributed by atoms with Crippen LogP contribution in [0.5, 0.6) is 5.75 Å². The number of halogens is 1. The molecule has 0 amide bonds. The summed E-state index contributed by atoms with van der Waals surface area (Å²) < 4.78 is 11.1. The molecule has 0 aliphatic heterocycles. The first-order valence-corrected chi connectivity index (χ1v) is 7.90. The molecule has 0 heterocycles. The highest BCUT2D eigenvalue weighted by molar-refractivity contribution is 9.10. The van der Waals surface area contributed by atoms with Crippen LogP contribution < -0.4 is 4.74 Å². The molecule has 0 radical (unpaired) electrons. The molecule has 0 spiro atoms. The summed E-state index contributed by atoms with van der Waals surface area (Å²) in [6.45, 7) is 3.31. The quantitative estimate of drug-likeness (QED) is 0.567. The van der Waals surface area contributed by atoms with Crippen LogP contribution in [0.25, 0.3) is 0 Å². The number of aryl methyl sites for hydroxylation is 2. The van der Waals surface area contributed by atoms with Gasteiger partial charge in [0.05, 0.1) is 0 Å². The molecular formula is C18H17BrO4. The third-order valence-corrected chi connectivity index (χ3v) is 3.92. The Kier molecular flexibility index (Phi) is 5.93. The van der Waals surface area contributed by atoms with E-state index < -0.39 is 5.97 Å². The first kappa shape index (κ1) is 17.2. The van der Waals surface area contributed by atoms with Gasteiger partial charge in [-0.25, -0.2) is 4.79 Å². The van der Waals surface area contributed by atoms with Crippen LogP contribution in [-0.4, -0.2) is 25.0 Å². The number of ether oxygens (including phenoxy) is 2. The summed E-state index contributed by atoms with van der Waals surface area (Å²) in [5.74, 6) is -0.206. The van der Waals surface area contributed by atoms with E-state index in [1.807, 2.05) is 38.1 Å². The summed E-state index contributed by atoms with van der Waals surface area (Å²) in [4.78, 5) is 23.7. The van der Waals surface area contributed by atoms with E-state index in [1.165, 1.54) is 0 Å². The molecular weight excluding hydrogens is 360 g/mol. The number of Topliss-reactive ketones (excluding diaryl/α,β-unsaturated/α-hetero) is 1. The maximum absolute atomic E-state index is 12.0. The summed E-state index contributed by atoms with van der Waals surface area (Å²) in [5, 5.41) is 0. The second-order valence-electron chi connectivity index (χ2n) is 5.12. The Bertz CT molecular complexity index is 725. The van der Waals surface area contributed by atoms with E-state index >= 15 is 0 Å². The van der Waals surface area contributed by atoms with Gasteiger partial charge < -0.3 is 9.47 Å². The summed E-state index contributed by atoms with van der Waals surface area (Å²) in [6, 6.07) is 12.7. The highest BCUT2D eigenvalue weighted by Crippen LogP contribution is 2.19. The number of ketones is 1. The topological polar surface area (TPSA) is 52.6 Å².